The molecular formula is C34H35N3O4. The van der Waals surface area contributed by atoms with E-state index in [1.807, 2.05) is 76.7 Å². The molecule has 4 aromatic rings. The van der Waals surface area contributed by atoms with Crippen molar-refractivity contribution < 1.29 is 19.9 Å². The minimum absolute atomic E-state index is 0.543. The summed E-state index contributed by atoms with van der Waals surface area (Å²) in [4.78, 5) is 25.5. The molecule has 0 spiro atoms. The Morgan fingerprint density at radius 3 is 1.17 bits per heavy atom. The van der Waals surface area contributed by atoms with Gasteiger partial charge in [-0.15, -0.1) is 0 Å². The van der Waals surface area contributed by atoms with Gasteiger partial charge < -0.3 is 14.9 Å². The lowest BCUT2D eigenvalue weighted by Crippen LogP contribution is -2.14. The Bertz CT molecular complexity index is 1470. The molecule has 4 rings (SSSR count). The number of hydroxylamine groups is 1. The van der Waals surface area contributed by atoms with Crippen LogP contribution in [0.5, 0.6) is 0 Å². The average Bonchev–Trinajstić information content (AvgIpc) is 2.99. The summed E-state index contributed by atoms with van der Waals surface area (Å²) in [5.74, 6) is -1.48. The molecule has 41 heavy (non-hydrogen) atoms. The normalized spacial score (nSPS) is 10.7. The predicted octanol–water partition coefficient (Wildman–Crippen LogP) is 6.46. The van der Waals surface area contributed by atoms with Crippen LogP contribution < -0.4 is 15.3 Å². The second kappa shape index (κ2) is 14.9. The fourth-order valence-electron chi connectivity index (χ4n) is 3.85. The fourth-order valence-corrected chi connectivity index (χ4v) is 3.85. The topological polar surface area (TPSA) is 93.1 Å². The first-order valence-corrected chi connectivity index (χ1v) is 12.9. The number of benzene rings is 4. The van der Waals surface area contributed by atoms with Gasteiger partial charge in [0.2, 0.25) is 0 Å². The van der Waals surface area contributed by atoms with E-state index in [0.29, 0.717) is 0 Å². The molecule has 7 heteroatoms. The lowest BCUT2D eigenvalue weighted by molar-refractivity contribution is -0.131. The standard InChI is InChI=1S/C17H18N2O2.C17H17NO2/c1-19(2)16-10-8-15(9-11-16)14-6-3-13(4-7-14)5-12-17(20)18-21;1-18(2)16-10-8-15(9-11-16)14-6-3-13(4-7-14)5-12-17(19)20/h3-12,21H,1-2H3,(H,18,20);3-12H,1-2H3,(H,19,20)/b2*12-5+. The van der Waals surface area contributed by atoms with Gasteiger partial charge in [-0.25, -0.2) is 10.3 Å². The maximum atomic E-state index is 10.9. The molecule has 0 atom stereocenters. The summed E-state index contributed by atoms with van der Waals surface area (Å²) in [7, 11) is 8.05. The van der Waals surface area contributed by atoms with Gasteiger partial charge in [0.15, 0.2) is 0 Å². The highest BCUT2D eigenvalue weighted by Gasteiger charge is 2.01. The van der Waals surface area contributed by atoms with E-state index in [9.17, 15) is 9.59 Å². The number of anilines is 2. The summed E-state index contributed by atoms with van der Waals surface area (Å²) < 4.78 is 0. The zero-order valence-corrected chi connectivity index (χ0v) is 23.7. The van der Waals surface area contributed by atoms with E-state index in [0.717, 1.165) is 50.8 Å². The van der Waals surface area contributed by atoms with E-state index < -0.39 is 11.9 Å². The molecule has 7 nitrogen and oxygen atoms in total. The third-order valence-electron chi connectivity index (χ3n) is 6.21. The Hall–Kier alpha value is -5.14. The minimum Gasteiger partial charge on any atom is -0.478 e. The number of nitrogens with one attached hydrogen (secondary N) is 1. The van der Waals surface area contributed by atoms with Gasteiger partial charge in [-0.2, -0.15) is 0 Å². The minimum atomic E-state index is -0.937. The third kappa shape index (κ3) is 9.53. The Morgan fingerprint density at radius 1 is 0.561 bits per heavy atom. The van der Waals surface area contributed by atoms with Gasteiger partial charge in [-0.05, 0) is 69.8 Å². The summed E-state index contributed by atoms with van der Waals surface area (Å²) in [5.41, 5.74) is 10.2. The summed E-state index contributed by atoms with van der Waals surface area (Å²) in [6, 6.07) is 32.3. The maximum Gasteiger partial charge on any atom is 0.328 e. The molecule has 0 fully saturated rings. The van der Waals surface area contributed by atoms with Crippen LogP contribution in [-0.4, -0.2) is 50.4 Å². The van der Waals surface area contributed by atoms with Gasteiger partial charge in [-0.3, -0.25) is 10.0 Å². The molecule has 3 N–H and O–H groups in total. The SMILES string of the molecule is CN(C)c1ccc(-c2ccc(/C=C/C(=O)NO)cc2)cc1.CN(C)c1ccc(-c2ccc(/C=C/C(=O)O)cc2)cc1. The lowest BCUT2D eigenvalue weighted by Gasteiger charge is -2.12. The molecule has 0 aliphatic carbocycles. The summed E-state index contributed by atoms with van der Waals surface area (Å²) >= 11 is 0. The maximum absolute atomic E-state index is 10.9. The zero-order chi connectivity index (χ0) is 29.8. The second-order valence-corrected chi connectivity index (χ2v) is 9.61. The van der Waals surface area contributed by atoms with Crippen LogP contribution in [0.2, 0.25) is 0 Å². The predicted molar refractivity (Wildman–Crippen MR) is 168 cm³/mol. The van der Waals surface area contributed by atoms with Crippen molar-refractivity contribution in [1.29, 1.82) is 0 Å². The fraction of sp³-hybridized carbons (Fsp3) is 0.118. The lowest BCUT2D eigenvalue weighted by atomic mass is 10.0. The number of rotatable bonds is 8. The van der Waals surface area contributed by atoms with E-state index in [4.69, 9.17) is 10.3 Å². The van der Waals surface area contributed by atoms with E-state index in [-0.39, 0.29) is 0 Å². The third-order valence-corrected chi connectivity index (χ3v) is 6.21. The number of carbonyl (C=O) groups excluding carboxylic acids is 1. The first-order valence-electron chi connectivity index (χ1n) is 12.9. The molecule has 4 aromatic carbocycles. The summed E-state index contributed by atoms with van der Waals surface area (Å²) in [6.45, 7) is 0. The number of hydrogen-bond acceptors (Lipinski definition) is 5. The number of carbonyl (C=O) groups is 2. The van der Waals surface area contributed by atoms with E-state index in [1.54, 1.807) is 17.6 Å². The molecule has 0 saturated carbocycles. The van der Waals surface area contributed by atoms with Crippen LogP contribution in [0.4, 0.5) is 11.4 Å². The van der Waals surface area contributed by atoms with Crippen LogP contribution in [0.25, 0.3) is 34.4 Å². The average molecular weight is 550 g/mol. The quantitative estimate of drug-likeness (QED) is 0.133. The molecule has 0 heterocycles. The molecule has 0 unspecified atom stereocenters. The van der Waals surface area contributed by atoms with Crippen molar-refractivity contribution in [3.8, 4) is 22.3 Å². The highest BCUT2D eigenvalue weighted by Crippen LogP contribution is 2.24. The Morgan fingerprint density at radius 2 is 0.878 bits per heavy atom. The van der Waals surface area contributed by atoms with Crippen LogP contribution in [0, 0.1) is 0 Å². The molecule has 0 aliphatic rings. The Labute approximate surface area is 241 Å². The van der Waals surface area contributed by atoms with Crippen LogP contribution in [0.3, 0.4) is 0 Å². The molecular weight excluding hydrogens is 514 g/mol. The van der Waals surface area contributed by atoms with E-state index in [1.165, 1.54) is 6.08 Å². The number of amides is 1. The van der Waals surface area contributed by atoms with Gasteiger partial charge in [0.1, 0.15) is 0 Å². The van der Waals surface area contributed by atoms with Crippen molar-refractivity contribution in [1.82, 2.24) is 5.48 Å². The second-order valence-electron chi connectivity index (χ2n) is 9.61. The van der Waals surface area contributed by atoms with Crippen LogP contribution >= 0.6 is 0 Å². The van der Waals surface area contributed by atoms with Crippen molar-refractivity contribution in [2.75, 3.05) is 38.0 Å². The Kier molecular flexibility index (Phi) is 11.0. The van der Waals surface area contributed by atoms with Gasteiger partial charge in [-0.1, -0.05) is 72.8 Å². The molecule has 0 saturated heterocycles. The van der Waals surface area contributed by atoms with E-state index in [2.05, 4.69) is 58.3 Å². The first-order chi connectivity index (χ1) is 19.7. The van der Waals surface area contributed by atoms with Crippen molar-refractivity contribution in [3.05, 3.63) is 120 Å². The van der Waals surface area contributed by atoms with Gasteiger partial charge in [0.25, 0.3) is 5.91 Å². The number of hydrogen-bond donors (Lipinski definition) is 3. The Balaban J connectivity index is 0.000000226. The molecule has 0 radical (unpaired) electrons. The molecule has 210 valence electrons. The monoisotopic (exact) mass is 549 g/mol. The first kappa shape index (κ1) is 30.4. The molecule has 0 aromatic heterocycles. The van der Waals surface area contributed by atoms with E-state index >= 15 is 0 Å². The van der Waals surface area contributed by atoms with Crippen LogP contribution in [0.15, 0.2) is 109 Å². The summed E-state index contributed by atoms with van der Waals surface area (Å²) in [5, 5.41) is 17.0. The van der Waals surface area contributed by atoms with Crippen molar-refractivity contribution in [2.45, 2.75) is 0 Å². The van der Waals surface area contributed by atoms with Crippen molar-refractivity contribution in [2.24, 2.45) is 0 Å². The summed E-state index contributed by atoms with van der Waals surface area (Å²) in [6.07, 6.45) is 5.65. The smallest absolute Gasteiger partial charge is 0.328 e. The molecule has 1 amide bonds. The number of nitrogens with zero attached hydrogens (tertiary/aromatic N) is 2. The number of carboxylic acid groups (broad SMARTS) is 1. The number of aliphatic carboxylic acids is 1. The highest BCUT2D eigenvalue weighted by molar-refractivity contribution is 5.91. The zero-order valence-electron chi connectivity index (χ0n) is 23.7. The highest BCUT2D eigenvalue weighted by atomic mass is 16.5. The largest absolute Gasteiger partial charge is 0.478 e. The van der Waals surface area contributed by atoms with Gasteiger partial charge in [0.05, 0.1) is 0 Å². The molecule has 0 bridgehead atoms. The van der Waals surface area contributed by atoms with Crippen molar-refractivity contribution in [3.63, 3.8) is 0 Å². The number of carboxylic acids is 1. The van der Waals surface area contributed by atoms with Gasteiger partial charge in [0, 0.05) is 51.7 Å². The van der Waals surface area contributed by atoms with Gasteiger partial charge >= 0.3 is 5.97 Å². The van der Waals surface area contributed by atoms with Crippen LogP contribution in [-0.2, 0) is 9.59 Å². The molecule has 0 aliphatic heterocycles. The van der Waals surface area contributed by atoms with Crippen molar-refractivity contribution >= 4 is 35.4 Å². The van der Waals surface area contributed by atoms with Crippen LogP contribution in [0.1, 0.15) is 11.1 Å².